The lowest BCUT2D eigenvalue weighted by atomic mass is 10.2. The topological polar surface area (TPSA) is 114 Å². The molecule has 10 heteroatoms. The molecule has 2 rings (SSSR count). The maximum absolute atomic E-state index is 11.2. The fourth-order valence-electron chi connectivity index (χ4n) is 2.34. The largest absolute Gasteiger partial charge is 0.372 e. The number of benzene rings is 2. The molecule has 0 heterocycles. The molecule has 136 valence electrons. The molecule has 0 radical (unpaired) electrons. The van der Waals surface area contributed by atoms with Gasteiger partial charge in [0, 0.05) is 24.8 Å². The Kier molecular flexibility index (Phi) is 6.18. The average molecular weight is 378 g/mol. The van der Waals surface area contributed by atoms with Crippen molar-refractivity contribution in [2.24, 2.45) is 10.2 Å². The van der Waals surface area contributed by atoms with Crippen molar-refractivity contribution in [3.8, 4) is 0 Å². The van der Waals surface area contributed by atoms with Crippen molar-refractivity contribution in [1.29, 1.82) is 0 Å². The average Bonchev–Trinajstić information content (AvgIpc) is 2.62. The van der Waals surface area contributed by atoms with Crippen LogP contribution in [0.1, 0.15) is 13.8 Å². The molecule has 0 aliphatic heterocycles. The minimum atomic E-state index is -0.781. The third kappa shape index (κ3) is 4.31. The Morgan fingerprint density at radius 1 is 1.00 bits per heavy atom. The molecule has 0 aliphatic rings. The molecule has 0 unspecified atom stereocenters. The predicted molar refractivity (Wildman–Crippen MR) is 98.9 cm³/mol. The van der Waals surface area contributed by atoms with Crippen molar-refractivity contribution in [2.75, 3.05) is 18.0 Å². The van der Waals surface area contributed by atoms with Crippen LogP contribution in [0.3, 0.4) is 0 Å². The summed E-state index contributed by atoms with van der Waals surface area (Å²) in [6.07, 6.45) is 0. The minimum absolute atomic E-state index is 0.214. The smallest absolute Gasteiger partial charge is 0.305 e. The van der Waals surface area contributed by atoms with Gasteiger partial charge in [0.15, 0.2) is 5.69 Å². The molecular formula is C16H16ClN5O4. The summed E-state index contributed by atoms with van der Waals surface area (Å²) in [5.41, 5.74) is 0.213. The van der Waals surface area contributed by atoms with Crippen molar-refractivity contribution in [3.05, 3.63) is 61.6 Å². The summed E-state index contributed by atoms with van der Waals surface area (Å²) in [7, 11) is 0. The molecule has 0 amide bonds. The van der Waals surface area contributed by atoms with Crippen molar-refractivity contribution >= 4 is 40.0 Å². The van der Waals surface area contributed by atoms with Crippen LogP contribution in [-0.2, 0) is 0 Å². The number of nitrogens with zero attached hydrogens (tertiary/aromatic N) is 5. The number of halogens is 1. The first-order valence-electron chi connectivity index (χ1n) is 7.76. The number of rotatable bonds is 7. The van der Waals surface area contributed by atoms with E-state index >= 15 is 0 Å². The molecule has 0 spiro atoms. The number of hydrogen-bond donors (Lipinski definition) is 0. The maximum atomic E-state index is 11.2. The minimum Gasteiger partial charge on any atom is -0.372 e. The molecule has 2 aromatic carbocycles. The highest BCUT2D eigenvalue weighted by molar-refractivity contribution is 6.33. The van der Waals surface area contributed by atoms with Crippen LogP contribution in [-0.4, -0.2) is 22.9 Å². The third-order valence-electron chi connectivity index (χ3n) is 3.68. The monoisotopic (exact) mass is 377 g/mol. The van der Waals surface area contributed by atoms with Gasteiger partial charge in [0.25, 0.3) is 5.69 Å². The molecule has 0 aliphatic carbocycles. The summed E-state index contributed by atoms with van der Waals surface area (Å²) in [6, 6.07) is 9.00. The van der Waals surface area contributed by atoms with Crippen LogP contribution in [0.15, 0.2) is 46.6 Å². The molecule has 0 saturated carbocycles. The zero-order chi connectivity index (χ0) is 19.3. The van der Waals surface area contributed by atoms with Gasteiger partial charge >= 0.3 is 5.69 Å². The summed E-state index contributed by atoms with van der Waals surface area (Å²) in [6.45, 7) is 5.82. The molecule has 9 nitrogen and oxygen atoms in total. The SMILES string of the molecule is CCN(CC)c1ccc(N=Nc2c(Cl)cc([N+](=O)[O-])cc2[N+](=O)[O-])cc1. The van der Waals surface area contributed by atoms with Gasteiger partial charge < -0.3 is 4.90 Å². The van der Waals surface area contributed by atoms with Crippen molar-refractivity contribution < 1.29 is 9.85 Å². The van der Waals surface area contributed by atoms with Crippen LogP contribution in [0.25, 0.3) is 0 Å². The highest BCUT2D eigenvalue weighted by Gasteiger charge is 2.23. The second-order valence-corrected chi connectivity index (χ2v) is 5.61. The molecule has 26 heavy (non-hydrogen) atoms. The number of nitro benzene ring substituents is 2. The van der Waals surface area contributed by atoms with Gasteiger partial charge in [0.2, 0.25) is 0 Å². The number of anilines is 1. The van der Waals surface area contributed by atoms with E-state index in [1.165, 1.54) is 0 Å². The summed E-state index contributed by atoms with van der Waals surface area (Å²) < 4.78 is 0. The Balaban J connectivity index is 2.35. The highest BCUT2D eigenvalue weighted by Crippen LogP contribution is 2.39. The summed E-state index contributed by atoms with van der Waals surface area (Å²) in [5.74, 6) is 0. The van der Waals surface area contributed by atoms with Gasteiger partial charge in [0.1, 0.15) is 0 Å². The Bertz CT molecular complexity index is 850. The number of hydrogen-bond acceptors (Lipinski definition) is 7. The van der Waals surface area contributed by atoms with Crippen LogP contribution in [0.4, 0.5) is 28.4 Å². The Morgan fingerprint density at radius 3 is 2.12 bits per heavy atom. The van der Waals surface area contributed by atoms with E-state index in [0.717, 1.165) is 30.9 Å². The molecule has 0 fully saturated rings. The molecular weight excluding hydrogens is 362 g/mol. The fourth-order valence-corrected chi connectivity index (χ4v) is 2.59. The lowest BCUT2D eigenvalue weighted by Gasteiger charge is -2.20. The summed E-state index contributed by atoms with van der Waals surface area (Å²) >= 11 is 5.92. The van der Waals surface area contributed by atoms with E-state index in [1.807, 2.05) is 26.0 Å². The van der Waals surface area contributed by atoms with Gasteiger partial charge in [0.05, 0.1) is 26.6 Å². The normalized spacial score (nSPS) is 10.9. The van der Waals surface area contributed by atoms with E-state index in [9.17, 15) is 20.2 Å². The number of non-ortho nitro benzene ring substituents is 1. The molecule has 0 saturated heterocycles. The van der Waals surface area contributed by atoms with Crippen LogP contribution >= 0.6 is 11.6 Å². The summed E-state index contributed by atoms with van der Waals surface area (Å²) in [5, 5.41) is 29.6. The third-order valence-corrected chi connectivity index (χ3v) is 3.97. The van der Waals surface area contributed by atoms with E-state index in [1.54, 1.807) is 12.1 Å². The van der Waals surface area contributed by atoms with Crippen molar-refractivity contribution in [3.63, 3.8) is 0 Å². The van der Waals surface area contributed by atoms with Gasteiger partial charge in [-0.15, -0.1) is 5.11 Å². The van der Waals surface area contributed by atoms with Crippen LogP contribution in [0.2, 0.25) is 5.02 Å². The van der Waals surface area contributed by atoms with Gasteiger partial charge in [-0.1, -0.05) is 11.6 Å². The predicted octanol–water partition coefficient (Wildman–Crippen LogP) is 5.42. The lowest BCUT2D eigenvalue weighted by molar-refractivity contribution is -0.393. The Morgan fingerprint density at radius 2 is 1.62 bits per heavy atom. The van der Waals surface area contributed by atoms with Crippen LogP contribution in [0.5, 0.6) is 0 Å². The molecule has 0 atom stereocenters. The zero-order valence-electron chi connectivity index (χ0n) is 14.1. The van der Waals surface area contributed by atoms with Crippen molar-refractivity contribution in [1.82, 2.24) is 0 Å². The Labute approximate surface area is 154 Å². The van der Waals surface area contributed by atoms with E-state index < -0.39 is 21.2 Å². The van der Waals surface area contributed by atoms with E-state index in [0.29, 0.717) is 5.69 Å². The quantitative estimate of drug-likeness (QED) is 0.363. The number of nitro groups is 2. The Hall–Kier alpha value is -3.07. The highest BCUT2D eigenvalue weighted by atomic mass is 35.5. The van der Waals surface area contributed by atoms with E-state index in [2.05, 4.69) is 15.1 Å². The van der Waals surface area contributed by atoms with Gasteiger partial charge in [-0.25, -0.2) is 0 Å². The van der Waals surface area contributed by atoms with Crippen molar-refractivity contribution in [2.45, 2.75) is 13.8 Å². The first kappa shape index (κ1) is 19.3. The van der Waals surface area contributed by atoms with Crippen LogP contribution < -0.4 is 4.90 Å². The van der Waals surface area contributed by atoms with Crippen LogP contribution in [0, 0.1) is 20.2 Å². The molecule has 0 N–H and O–H groups in total. The molecule has 0 aromatic heterocycles. The second kappa shape index (κ2) is 8.34. The lowest BCUT2D eigenvalue weighted by Crippen LogP contribution is -2.21. The number of azo groups is 1. The van der Waals surface area contributed by atoms with Gasteiger partial charge in [-0.05, 0) is 38.1 Å². The first-order valence-corrected chi connectivity index (χ1v) is 8.14. The molecule has 2 aromatic rings. The van der Waals surface area contributed by atoms with E-state index in [4.69, 9.17) is 11.6 Å². The fraction of sp³-hybridized carbons (Fsp3) is 0.250. The molecule has 0 bridgehead atoms. The second-order valence-electron chi connectivity index (χ2n) is 5.20. The van der Waals surface area contributed by atoms with Gasteiger partial charge in [-0.3, -0.25) is 20.2 Å². The standard InChI is InChI=1S/C16H16ClN5O4/c1-3-20(4-2)12-7-5-11(6-8-12)18-19-16-14(17)9-13(21(23)24)10-15(16)22(25)26/h5-10H,3-4H2,1-2H3. The maximum Gasteiger partial charge on any atom is 0.305 e. The first-order chi connectivity index (χ1) is 12.4. The zero-order valence-corrected chi connectivity index (χ0v) is 14.9. The summed E-state index contributed by atoms with van der Waals surface area (Å²) in [4.78, 5) is 22.6. The van der Waals surface area contributed by atoms with Gasteiger partial charge in [-0.2, -0.15) is 5.11 Å². The van der Waals surface area contributed by atoms with E-state index in [-0.39, 0.29) is 10.7 Å².